The maximum Gasteiger partial charge on any atom is 0.293 e. The van der Waals surface area contributed by atoms with Gasteiger partial charge in [0, 0.05) is 24.7 Å². The summed E-state index contributed by atoms with van der Waals surface area (Å²) in [5, 5.41) is 16.9. The number of nitrogens with zero attached hydrogens (tertiary/aromatic N) is 1. The first kappa shape index (κ1) is 15.6. The lowest BCUT2D eigenvalue weighted by Crippen LogP contribution is -2.29. The third kappa shape index (κ3) is 4.10. The van der Waals surface area contributed by atoms with Crippen LogP contribution in [0.2, 0.25) is 0 Å². The van der Waals surface area contributed by atoms with Crippen molar-refractivity contribution in [3.05, 3.63) is 33.9 Å². The number of benzene rings is 1. The van der Waals surface area contributed by atoms with Crippen LogP contribution >= 0.6 is 11.8 Å². The van der Waals surface area contributed by atoms with Crippen molar-refractivity contribution in [3.63, 3.8) is 0 Å². The van der Waals surface area contributed by atoms with Crippen LogP contribution in [0, 0.1) is 16.0 Å². The Kier molecular flexibility index (Phi) is 5.44. The van der Waals surface area contributed by atoms with Crippen LogP contribution in [0.1, 0.15) is 23.7 Å². The number of thioether (sulfide) groups is 1. The molecule has 0 saturated carbocycles. The van der Waals surface area contributed by atoms with Gasteiger partial charge in [-0.15, -0.1) is 0 Å². The fourth-order valence-corrected chi connectivity index (χ4v) is 3.53. The summed E-state index contributed by atoms with van der Waals surface area (Å²) in [5.74, 6) is 2.47. The predicted molar refractivity (Wildman–Crippen MR) is 85.0 cm³/mol. The van der Waals surface area contributed by atoms with Crippen molar-refractivity contribution in [1.82, 2.24) is 5.32 Å². The van der Waals surface area contributed by atoms with Crippen molar-refractivity contribution >= 4 is 29.0 Å². The van der Waals surface area contributed by atoms with Gasteiger partial charge >= 0.3 is 0 Å². The molecule has 0 radical (unpaired) electrons. The first-order valence-electron chi connectivity index (χ1n) is 7.00. The Hall–Kier alpha value is -1.76. The molecular formula is C14H19N3O3S. The number of hydrogen-bond donors (Lipinski definition) is 2. The largest absolute Gasteiger partial charge is 0.380 e. The van der Waals surface area contributed by atoms with E-state index in [1.165, 1.54) is 6.07 Å². The molecular weight excluding hydrogens is 290 g/mol. The average Bonchev–Trinajstić information content (AvgIpc) is 2.98. The van der Waals surface area contributed by atoms with Crippen LogP contribution in [0.3, 0.4) is 0 Å². The zero-order valence-electron chi connectivity index (χ0n) is 11.9. The molecule has 1 aliphatic rings. The van der Waals surface area contributed by atoms with Crippen LogP contribution in [-0.2, 0) is 0 Å². The number of hydrogen-bond acceptors (Lipinski definition) is 5. The minimum Gasteiger partial charge on any atom is -0.380 e. The van der Waals surface area contributed by atoms with E-state index in [2.05, 4.69) is 10.6 Å². The number of nitrogens with one attached hydrogen (secondary N) is 2. The van der Waals surface area contributed by atoms with E-state index in [4.69, 9.17) is 0 Å². The number of nitro benzene ring substituents is 1. The fraction of sp³-hybridized carbons (Fsp3) is 0.500. The van der Waals surface area contributed by atoms with Gasteiger partial charge in [0.15, 0.2) is 0 Å². The third-order valence-electron chi connectivity index (χ3n) is 3.40. The normalized spacial score (nSPS) is 17.5. The molecule has 1 unspecified atom stereocenters. The Morgan fingerprint density at radius 3 is 2.95 bits per heavy atom. The Morgan fingerprint density at radius 2 is 2.33 bits per heavy atom. The van der Waals surface area contributed by atoms with Gasteiger partial charge in [-0.3, -0.25) is 14.9 Å². The number of amides is 1. The van der Waals surface area contributed by atoms with Crippen molar-refractivity contribution in [2.45, 2.75) is 13.3 Å². The molecule has 0 bridgehead atoms. The summed E-state index contributed by atoms with van der Waals surface area (Å²) in [6, 6.07) is 4.53. The Bertz CT molecular complexity index is 530. The topological polar surface area (TPSA) is 84.3 Å². The minimum atomic E-state index is -0.470. The lowest BCUT2D eigenvalue weighted by molar-refractivity contribution is -0.384. The molecule has 0 spiro atoms. The highest BCUT2D eigenvalue weighted by Crippen LogP contribution is 2.26. The summed E-state index contributed by atoms with van der Waals surface area (Å²) in [7, 11) is 0. The van der Waals surface area contributed by atoms with Gasteiger partial charge < -0.3 is 10.6 Å². The van der Waals surface area contributed by atoms with Crippen molar-refractivity contribution in [2.75, 3.05) is 29.9 Å². The van der Waals surface area contributed by atoms with Gasteiger partial charge in [0.2, 0.25) is 0 Å². The first-order chi connectivity index (χ1) is 10.1. The summed E-state index contributed by atoms with van der Waals surface area (Å²) in [6.45, 7) is 3.09. The number of nitro groups is 1. The second-order valence-corrected chi connectivity index (χ2v) is 6.11. The average molecular weight is 309 g/mol. The van der Waals surface area contributed by atoms with Crippen LogP contribution in [0.4, 0.5) is 11.4 Å². The van der Waals surface area contributed by atoms with Crippen LogP contribution in [-0.4, -0.2) is 35.4 Å². The first-order valence-corrected chi connectivity index (χ1v) is 8.15. The number of rotatable bonds is 6. The molecule has 1 amide bonds. The highest BCUT2D eigenvalue weighted by atomic mass is 32.2. The molecule has 7 heteroatoms. The van der Waals surface area contributed by atoms with Crippen molar-refractivity contribution < 1.29 is 9.72 Å². The van der Waals surface area contributed by atoms with Crippen LogP contribution < -0.4 is 10.6 Å². The molecule has 1 saturated heterocycles. The molecule has 2 rings (SSSR count). The number of anilines is 1. The van der Waals surface area contributed by atoms with Gasteiger partial charge in [0.1, 0.15) is 5.69 Å². The third-order valence-corrected chi connectivity index (χ3v) is 4.63. The Labute approximate surface area is 127 Å². The van der Waals surface area contributed by atoms with Gasteiger partial charge in [-0.05, 0) is 42.9 Å². The highest BCUT2D eigenvalue weighted by Gasteiger charge is 2.19. The van der Waals surface area contributed by atoms with Crippen molar-refractivity contribution in [1.29, 1.82) is 0 Å². The second kappa shape index (κ2) is 7.31. The quantitative estimate of drug-likeness (QED) is 0.623. The molecule has 2 N–H and O–H groups in total. The van der Waals surface area contributed by atoms with Crippen molar-refractivity contribution in [2.24, 2.45) is 5.92 Å². The molecule has 114 valence electrons. The van der Waals surface area contributed by atoms with E-state index >= 15 is 0 Å². The van der Waals surface area contributed by atoms with E-state index in [0.717, 1.165) is 17.9 Å². The maximum atomic E-state index is 12.1. The van der Waals surface area contributed by atoms with Gasteiger partial charge in [-0.25, -0.2) is 0 Å². The molecule has 1 aromatic carbocycles. The van der Waals surface area contributed by atoms with E-state index in [9.17, 15) is 14.9 Å². The molecule has 1 aliphatic heterocycles. The highest BCUT2D eigenvalue weighted by molar-refractivity contribution is 7.99. The number of carbonyl (C=O) groups is 1. The number of carbonyl (C=O) groups excluding carboxylic acids is 1. The fourth-order valence-electron chi connectivity index (χ4n) is 2.25. The van der Waals surface area contributed by atoms with Gasteiger partial charge in [0.05, 0.1) is 4.92 Å². The van der Waals surface area contributed by atoms with E-state index in [1.54, 1.807) is 12.1 Å². The van der Waals surface area contributed by atoms with Gasteiger partial charge in [-0.2, -0.15) is 11.8 Å². The van der Waals surface area contributed by atoms with Crippen LogP contribution in [0.15, 0.2) is 18.2 Å². The lowest BCUT2D eigenvalue weighted by atomic mass is 10.1. The molecule has 0 aliphatic carbocycles. The zero-order chi connectivity index (χ0) is 15.2. The lowest BCUT2D eigenvalue weighted by Gasteiger charge is -2.11. The minimum absolute atomic E-state index is 0.0686. The summed E-state index contributed by atoms with van der Waals surface area (Å²) >= 11 is 1.89. The molecule has 1 heterocycles. The second-order valence-electron chi connectivity index (χ2n) is 4.96. The van der Waals surface area contributed by atoms with Crippen LogP contribution in [0.5, 0.6) is 0 Å². The van der Waals surface area contributed by atoms with E-state index in [1.807, 2.05) is 18.7 Å². The van der Waals surface area contributed by atoms with Gasteiger partial charge in [0.25, 0.3) is 11.6 Å². The summed E-state index contributed by atoms with van der Waals surface area (Å²) in [5.41, 5.74) is 0.696. The predicted octanol–water partition coefficient (Wildman–Crippen LogP) is 2.51. The summed E-state index contributed by atoms with van der Waals surface area (Å²) in [4.78, 5) is 22.7. The molecule has 1 atom stereocenters. The smallest absolute Gasteiger partial charge is 0.293 e. The summed E-state index contributed by atoms with van der Waals surface area (Å²) < 4.78 is 0. The summed E-state index contributed by atoms with van der Waals surface area (Å²) in [6.07, 6.45) is 1.12. The molecule has 6 nitrogen and oxygen atoms in total. The van der Waals surface area contributed by atoms with E-state index in [-0.39, 0.29) is 11.6 Å². The van der Waals surface area contributed by atoms with Crippen LogP contribution in [0.25, 0.3) is 0 Å². The van der Waals surface area contributed by atoms with Gasteiger partial charge in [-0.1, -0.05) is 0 Å². The van der Waals surface area contributed by atoms with E-state index in [0.29, 0.717) is 30.3 Å². The van der Waals surface area contributed by atoms with Crippen molar-refractivity contribution in [3.8, 4) is 0 Å². The Morgan fingerprint density at radius 1 is 1.52 bits per heavy atom. The SMILES string of the molecule is CCNc1ccc(C(=O)NCC2CCSC2)cc1[N+](=O)[O-]. The Balaban J connectivity index is 2.06. The molecule has 0 aromatic heterocycles. The molecule has 1 aromatic rings. The standard InChI is InChI=1S/C14H19N3O3S/c1-2-15-12-4-3-11(7-13(12)17(19)20)14(18)16-8-10-5-6-21-9-10/h3-4,7,10,15H,2,5-6,8-9H2,1H3,(H,16,18). The monoisotopic (exact) mass is 309 g/mol. The maximum absolute atomic E-state index is 12.1. The van der Waals surface area contributed by atoms with E-state index < -0.39 is 4.92 Å². The zero-order valence-corrected chi connectivity index (χ0v) is 12.7. The molecule has 21 heavy (non-hydrogen) atoms. The molecule has 1 fully saturated rings.